The van der Waals surface area contributed by atoms with Crippen LogP contribution in [0.4, 0.5) is 0 Å². The van der Waals surface area contributed by atoms with Crippen molar-refractivity contribution < 1.29 is 9.53 Å². The van der Waals surface area contributed by atoms with Gasteiger partial charge < -0.3 is 14.6 Å². The Balaban J connectivity index is 1.83. The Kier molecular flexibility index (Phi) is 3.31. The van der Waals surface area contributed by atoms with Gasteiger partial charge in [-0.3, -0.25) is 4.79 Å². The summed E-state index contributed by atoms with van der Waals surface area (Å²) >= 11 is 0. The first-order valence-corrected chi connectivity index (χ1v) is 6.51. The number of benzene rings is 1. The van der Waals surface area contributed by atoms with Crippen molar-refractivity contribution in [1.29, 1.82) is 0 Å². The van der Waals surface area contributed by atoms with Crippen LogP contribution in [0.5, 0.6) is 0 Å². The van der Waals surface area contributed by atoms with Gasteiger partial charge in [-0.05, 0) is 12.1 Å². The van der Waals surface area contributed by atoms with Crippen LogP contribution in [0.3, 0.4) is 0 Å². The standard InChI is InChI=1S/C14H17N3O2/c1-17-12-5-3-2-4-11(12)16-14(17)13(18)8-10-9-19-7-6-15-10/h2-5,10,15H,6-9H2,1H3. The van der Waals surface area contributed by atoms with Gasteiger partial charge >= 0.3 is 0 Å². The fourth-order valence-corrected chi connectivity index (χ4v) is 2.46. The fraction of sp³-hybridized carbons (Fsp3) is 0.429. The molecule has 1 fully saturated rings. The summed E-state index contributed by atoms with van der Waals surface area (Å²) in [5, 5.41) is 3.29. The van der Waals surface area contributed by atoms with Gasteiger partial charge in [-0.1, -0.05) is 12.1 Å². The summed E-state index contributed by atoms with van der Waals surface area (Å²) in [5.41, 5.74) is 1.85. The van der Waals surface area contributed by atoms with Crippen LogP contribution in [0.2, 0.25) is 0 Å². The third kappa shape index (κ3) is 2.39. The average Bonchev–Trinajstić information content (AvgIpc) is 2.78. The zero-order valence-electron chi connectivity index (χ0n) is 10.9. The summed E-state index contributed by atoms with van der Waals surface area (Å²) in [5.74, 6) is 0.579. The largest absolute Gasteiger partial charge is 0.378 e. The van der Waals surface area contributed by atoms with Gasteiger partial charge in [-0.25, -0.2) is 4.98 Å². The third-order valence-electron chi connectivity index (χ3n) is 3.47. The molecule has 1 aromatic heterocycles. The van der Waals surface area contributed by atoms with Crippen LogP contribution in [0, 0.1) is 0 Å². The normalized spacial score (nSPS) is 19.7. The number of morpholine rings is 1. The molecule has 5 heteroatoms. The molecule has 3 rings (SSSR count). The van der Waals surface area contributed by atoms with E-state index in [1.165, 1.54) is 0 Å². The van der Waals surface area contributed by atoms with Gasteiger partial charge in [0.2, 0.25) is 0 Å². The second-order valence-corrected chi connectivity index (χ2v) is 4.84. The lowest BCUT2D eigenvalue weighted by molar-refractivity contribution is 0.0671. The summed E-state index contributed by atoms with van der Waals surface area (Å²) in [7, 11) is 1.88. The monoisotopic (exact) mass is 259 g/mol. The topological polar surface area (TPSA) is 56.1 Å². The number of aryl methyl sites for hydroxylation is 1. The summed E-state index contributed by atoms with van der Waals surface area (Å²) < 4.78 is 7.23. The summed E-state index contributed by atoms with van der Waals surface area (Å²) in [4.78, 5) is 16.7. The highest BCUT2D eigenvalue weighted by molar-refractivity contribution is 5.96. The Morgan fingerprint density at radius 1 is 1.53 bits per heavy atom. The number of hydrogen-bond acceptors (Lipinski definition) is 4. The molecule has 2 heterocycles. The van der Waals surface area contributed by atoms with E-state index in [-0.39, 0.29) is 11.8 Å². The number of rotatable bonds is 3. The van der Waals surface area contributed by atoms with Crippen molar-refractivity contribution >= 4 is 16.8 Å². The first kappa shape index (κ1) is 12.3. The zero-order valence-corrected chi connectivity index (χ0v) is 10.9. The molecule has 0 radical (unpaired) electrons. The smallest absolute Gasteiger partial charge is 0.199 e. The van der Waals surface area contributed by atoms with E-state index in [1.807, 2.05) is 35.9 Å². The number of Topliss-reactive ketones (excluding diaryl/α,β-unsaturated/α-hetero) is 1. The maximum Gasteiger partial charge on any atom is 0.199 e. The molecule has 100 valence electrons. The number of para-hydroxylation sites is 2. The molecule has 1 aliphatic heterocycles. The molecule has 5 nitrogen and oxygen atoms in total. The second kappa shape index (κ2) is 5.11. The Hall–Kier alpha value is -1.72. The molecule has 0 saturated carbocycles. The highest BCUT2D eigenvalue weighted by atomic mass is 16.5. The Morgan fingerprint density at radius 2 is 2.37 bits per heavy atom. The predicted molar refractivity (Wildman–Crippen MR) is 72.3 cm³/mol. The number of hydrogen-bond donors (Lipinski definition) is 1. The molecule has 0 aliphatic carbocycles. The maximum atomic E-state index is 12.3. The van der Waals surface area contributed by atoms with Crippen LogP contribution in [0.25, 0.3) is 11.0 Å². The first-order chi connectivity index (χ1) is 9.25. The number of carbonyl (C=O) groups excluding carboxylic acids is 1. The lowest BCUT2D eigenvalue weighted by Gasteiger charge is -2.22. The van der Waals surface area contributed by atoms with E-state index < -0.39 is 0 Å². The SMILES string of the molecule is Cn1c(C(=O)CC2COCCN2)nc2ccccc21. The highest BCUT2D eigenvalue weighted by Gasteiger charge is 2.21. The Bertz CT molecular complexity index is 600. The van der Waals surface area contributed by atoms with E-state index in [4.69, 9.17) is 4.74 Å². The van der Waals surface area contributed by atoms with Crippen molar-refractivity contribution in [2.75, 3.05) is 19.8 Å². The number of imidazole rings is 1. The second-order valence-electron chi connectivity index (χ2n) is 4.84. The molecule has 1 N–H and O–H groups in total. The molecule has 19 heavy (non-hydrogen) atoms. The van der Waals surface area contributed by atoms with Crippen LogP contribution in [0.15, 0.2) is 24.3 Å². The van der Waals surface area contributed by atoms with Crippen LogP contribution >= 0.6 is 0 Å². The van der Waals surface area contributed by atoms with Crippen molar-refractivity contribution in [3.05, 3.63) is 30.1 Å². The molecular formula is C14H17N3O2. The lowest BCUT2D eigenvalue weighted by Crippen LogP contribution is -2.42. The minimum atomic E-state index is 0.0571. The number of nitrogens with zero attached hydrogens (tertiary/aromatic N) is 2. The van der Waals surface area contributed by atoms with Crippen LogP contribution in [-0.2, 0) is 11.8 Å². The number of fused-ring (bicyclic) bond motifs is 1. The number of aromatic nitrogens is 2. The van der Waals surface area contributed by atoms with Crippen LogP contribution in [-0.4, -0.2) is 41.1 Å². The summed E-state index contributed by atoms with van der Waals surface area (Å²) in [6.07, 6.45) is 0.428. The minimum Gasteiger partial charge on any atom is -0.378 e. The molecule has 1 atom stereocenters. The molecule has 0 bridgehead atoms. The highest BCUT2D eigenvalue weighted by Crippen LogP contribution is 2.16. The number of ketones is 1. The summed E-state index contributed by atoms with van der Waals surface area (Å²) in [6.45, 7) is 2.12. The molecule has 0 amide bonds. The average molecular weight is 259 g/mol. The van der Waals surface area contributed by atoms with Crippen LogP contribution in [0.1, 0.15) is 17.0 Å². The van der Waals surface area contributed by atoms with Gasteiger partial charge in [-0.15, -0.1) is 0 Å². The van der Waals surface area contributed by atoms with E-state index in [0.717, 1.165) is 24.2 Å². The molecule has 1 saturated heterocycles. The minimum absolute atomic E-state index is 0.0571. The van der Waals surface area contributed by atoms with Gasteiger partial charge in [-0.2, -0.15) is 0 Å². The van der Waals surface area contributed by atoms with Gasteiger partial charge in [0.25, 0.3) is 0 Å². The van der Waals surface area contributed by atoms with Crippen molar-refractivity contribution in [1.82, 2.24) is 14.9 Å². The number of nitrogens with one attached hydrogen (secondary N) is 1. The molecule has 1 unspecified atom stereocenters. The van der Waals surface area contributed by atoms with Crippen molar-refractivity contribution in [2.45, 2.75) is 12.5 Å². The van der Waals surface area contributed by atoms with Crippen LogP contribution < -0.4 is 5.32 Å². The van der Waals surface area contributed by atoms with E-state index >= 15 is 0 Å². The predicted octanol–water partition coefficient (Wildman–Crippen LogP) is 1.13. The van der Waals surface area contributed by atoms with Gasteiger partial charge in [0, 0.05) is 26.1 Å². The first-order valence-electron chi connectivity index (χ1n) is 6.51. The van der Waals surface area contributed by atoms with Crippen molar-refractivity contribution in [2.24, 2.45) is 7.05 Å². The number of carbonyl (C=O) groups is 1. The fourth-order valence-electron chi connectivity index (χ4n) is 2.46. The molecule has 2 aromatic rings. The molecule has 1 aromatic carbocycles. The van der Waals surface area contributed by atoms with Crippen molar-refractivity contribution in [3.63, 3.8) is 0 Å². The number of ether oxygens (including phenoxy) is 1. The molecule has 1 aliphatic rings. The van der Waals surface area contributed by atoms with Gasteiger partial charge in [0.05, 0.1) is 24.2 Å². The summed E-state index contributed by atoms with van der Waals surface area (Å²) in [6, 6.07) is 7.88. The van der Waals surface area contributed by atoms with Gasteiger partial charge in [0.15, 0.2) is 11.6 Å². The third-order valence-corrected chi connectivity index (χ3v) is 3.47. The maximum absolute atomic E-state index is 12.3. The lowest BCUT2D eigenvalue weighted by atomic mass is 10.1. The molecule has 0 spiro atoms. The molecular weight excluding hydrogens is 242 g/mol. The van der Waals surface area contributed by atoms with Crippen molar-refractivity contribution in [3.8, 4) is 0 Å². The Morgan fingerprint density at radius 3 is 3.11 bits per heavy atom. The van der Waals surface area contributed by atoms with E-state index in [2.05, 4.69) is 10.3 Å². The van der Waals surface area contributed by atoms with E-state index in [9.17, 15) is 4.79 Å². The zero-order chi connectivity index (χ0) is 13.2. The quantitative estimate of drug-likeness (QED) is 0.840. The Labute approximate surface area is 111 Å². The van der Waals surface area contributed by atoms with Gasteiger partial charge in [0.1, 0.15) is 0 Å². The van der Waals surface area contributed by atoms with E-state index in [0.29, 0.717) is 18.9 Å². The van der Waals surface area contributed by atoms with E-state index in [1.54, 1.807) is 0 Å².